The molecular weight excluding hydrogens is 458 g/mol. The zero-order valence-electron chi connectivity index (χ0n) is 20.0. The topological polar surface area (TPSA) is 47.4 Å². The summed E-state index contributed by atoms with van der Waals surface area (Å²) < 4.78 is 8.24. The standard InChI is InChI=1S/C29H30ClN3O2/c1-21-17-24(13-14-25(21)30)35-16-8-7-15-33-27-12-6-5-11-26(27)31-29(33)23-18-28(34)32(20-23)19-22-9-3-2-4-10-22/h2-6,9-14,17,23H,7-8,15-16,18-20H2,1H3. The number of benzene rings is 3. The Balaban J connectivity index is 1.25. The van der Waals surface area contributed by atoms with Crippen LogP contribution in [0.25, 0.3) is 11.0 Å². The highest BCUT2D eigenvalue weighted by molar-refractivity contribution is 6.31. The summed E-state index contributed by atoms with van der Waals surface area (Å²) in [5.41, 5.74) is 4.30. The van der Waals surface area contributed by atoms with E-state index in [1.54, 1.807) is 0 Å². The van der Waals surface area contributed by atoms with Crippen molar-refractivity contribution in [2.45, 2.75) is 45.2 Å². The van der Waals surface area contributed by atoms with Gasteiger partial charge < -0.3 is 14.2 Å². The van der Waals surface area contributed by atoms with E-state index in [1.165, 1.54) is 0 Å². The number of aryl methyl sites for hydroxylation is 2. The largest absolute Gasteiger partial charge is 0.494 e. The van der Waals surface area contributed by atoms with Crippen LogP contribution in [0.4, 0.5) is 0 Å². The molecule has 1 saturated heterocycles. The average molecular weight is 488 g/mol. The van der Waals surface area contributed by atoms with Crippen molar-refractivity contribution in [1.29, 1.82) is 0 Å². The van der Waals surface area contributed by atoms with Gasteiger partial charge >= 0.3 is 0 Å². The van der Waals surface area contributed by atoms with Gasteiger partial charge in [-0.15, -0.1) is 0 Å². The van der Waals surface area contributed by atoms with E-state index in [4.69, 9.17) is 21.3 Å². The number of para-hydroxylation sites is 2. The number of amides is 1. The predicted molar refractivity (Wildman–Crippen MR) is 140 cm³/mol. The van der Waals surface area contributed by atoms with E-state index in [-0.39, 0.29) is 11.8 Å². The van der Waals surface area contributed by atoms with Gasteiger partial charge in [-0.3, -0.25) is 4.79 Å². The fourth-order valence-electron chi connectivity index (χ4n) is 4.81. The third-order valence-corrected chi connectivity index (χ3v) is 7.08. The Morgan fingerprint density at radius 1 is 1.03 bits per heavy atom. The Morgan fingerprint density at radius 2 is 1.83 bits per heavy atom. The maximum Gasteiger partial charge on any atom is 0.223 e. The molecule has 5 rings (SSSR count). The number of rotatable bonds is 9. The lowest BCUT2D eigenvalue weighted by Gasteiger charge is -2.17. The number of halogens is 1. The fraction of sp³-hybridized carbons (Fsp3) is 0.310. The van der Waals surface area contributed by atoms with Crippen molar-refractivity contribution in [2.24, 2.45) is 0 Å². The lowest BCUT2D eigenvalue weighted by molar-refractivity contribution is -0.128. The van der Waals surface area contributed by atoms with Gasteiger partial charge in [-0.1, -0.05) is 54.1 Å². The molecule has 1 aliphatic rings. The molecule has 0 saturated carbocycles. The smallest absolute Gasteiger partial charge is 0.223 e. The van der Waals surface area contributed by atoms with Crippen LogP contribution in [0.15, 0.2) is 72.8 Å². The Kier molecular flexibility index (Phi) is 7.05. The van der Waals surface area contributed by atoms with Crippen LogP contribution in [0.2, 0.25) is 5.02 Å². The third-order valence-electron chi connectivity index (χ3n) is 6.65. The van der Waals surface area contributed by atoms with Crippen molar-refractivity contribution in [1.82, 2.24) is 14.5 Å². The van der Waals surface area contributed by atoms with Crippen molar-refractivity contribution in [3.63, 3.8) is 0 Å². The Labute approximate surface area is 211 Å². The molecule has 0 bridgehead atoms. The van der Waals surface area contributed by atoms with Crippen LogP contribution in [0, 0.1) is 6.92 Å². The number of ether oxygens (including phenoxy) is 1. The van der Waals surface area contributed by atoms with E-state index in [1.807, 2.05) is 54.3 Å². The van der Waals surface area contributed by atoms with Crippen LogP contribution in [0.5, 0.6) is 5.75 Å². The lowest BCUT2D eigenvalue weighted by atomic mass is 10.1. The lowest BCUT2D eigenvalue weighted by Crippen LogP contribution is -2.24. The second-order valence-corrected chi connectivity index (χ2v) is 9.65. The monoisotopic (exact) mass is 487 g/mol. The molecule has 2 heterocycles. The van der Waals surface area contributed by atoms with Crippen molar-refractivity contribution in [2.75, 3.05) is 13.2 Å². The number of hydrogen-bond donors (Lipinski definition) is 0. The normalized spacial score (nSPS) is 15.8. The number of hydrogen-bond acceptors (Lipinski definition) is 3. The number of likely N-dealkylation sites (tertiary alicyclic amines) is 1. The Bertz CT molecular complexity index is 1320. The summed E-state index contributed by atoms with van der Waals surface area (Å²) in [6.07, 6.45) is 2.40. The van der Waals surface area contributed by atoms with Crippen LogP contribution in [0.1, 0.15) is 42.1 Å². The first-order chi connectivity index (χ1) is 17.1. The first-order valence-electron chi connectivity index (χ1n) is 12.2. The molecule has 1 fully saturated rings. The van der Waals surface area contributed by atoms with Crippen molar-refractivity contribution in [3.05, 3.63) is 94.8 Å². The summed E-state index contributed by atoms with van der Waals surface area (Å²) in [5, 5.41) is 0.754. The van der Waals surface area contributed by atoms with Gasteiger partial charge in [0.1, 0.15) is 11.6 Å². The van der Waals surface area contributed by atoms with Gasteiger partial charge in [0.05, 0.1) is 17.6 Å². The molecular formula is C29H30ClN3O2. The minimum absolute atomic E-state index is 0.104. The molecule has 3 aromatic carbocycles. The van der Waals surface area contributed by atoms with E-state index in [9.17, 15) is 4.79 Å². The van der Waals surface area contributed by atoms with Crippen LogP contribution >= 0.6 is 11.6 Å². The number of aromatic nitrogens is 2. The summed E-state index contributed by atoms with van der Waals surface area (Å²) >= 11 is 6.11. The number of nitrogens with zero attached hydrogens (tertiary/aromatic N) is 3. The molecule has 4 aromatic rings. The summed E-state index contributed by atoms with van der Waals surface area (Å²) in [7, 11) is 0. The van der Waals surface area contributed by atoms with Crippen molar-refractivity contribution in [3.8, 4) is 5.75 Å². The first kappa shape index (κ1) is 23.4. The van der Waals surface area contributed by atoms with Gasteiger partial charge in [-0.25, -0.2) is 4.98 Å². The zero-order chi connectivity index (χ0) is 24.2. The number of fused-ring (bicyclic) bond motifs is 1. The van der Waals surface area contributed by atoms with Crippen molar-refractivity contribution < 1.29 is 9.53 Å². The highest BCUT2D eigenvalue weighted by Gasteiger charge is 2.33. The van der Waals surface area contributed by atoms with E-state index < -0.39 is 0 Å². The Morgan fingerprint density at radius 3 is 2.66 bits per heavy atom. The maximum absolute atomic E-state index is 12.8. The minimum atomic E-state index is 0.104. The molecule has 35 heavy (non-hydrogen) atoms. The van der Waals surface area contributed by atoms with Crippen molar-refractivity contribution >= 4 is 28.5 Å². The van der Waals surface area contributed by atoms with Gasteiger partial charge in [0, 0.05) is 37.0 Å². The number of unbranched alkanes of at least 4 members (excludes halogenated alkanes) is 1. The molecule has 0 spiro atoms. The van der Waals surface area contributed by atoms with Crippen LogP contribution in [-0.4, -0.2) is 33.5 Å². The molecule has 1 aliphatic heterocycles. The molecule has 6 heteroatoms. The SMILES string of the molecule is Cc1cc(OCCCCn2c(C3CC(=O)N(Cc4ccccc4)C3)nc3ccccc32)ccc1Cl. The number of carbonyl (C=O) groups is 1. The fourth-order valence-corrected chi connectivity index (χ4v) is 4.93. The maximum atomic E-state index is 12.8. The quantitative estimate of drug-likeness (QED) is 0.257. The van der Waals surface area contributed by atoms with Gasteiger partial charge in [-0.05, 0) is 61.2 Å². The molecule has 0 radical (unpaired) electrons. The summed E-state index contributed by atoms with van der Waals surface area (Å²) in [5.74, 6) is 2.17. The minimum Gasteiger partial charge on any atom is -0.494 e. The third kappa shape index (κ3) is 5.35. The molecule has 0 aliphatic carbocycles. The van der Waals surface area contributed by atoms with E-state index in [2.05, 4.69) is 34.9 Å². The van der Waals surface area contributed by atoms with Crippen LogP contribution in [-0.2, 0) is 17.9 Å². The van der Waals surface area contributed by atoms with E-state index in [0.717, 1.165) is 58.1 Å². The molecule has 5 nitrogen and oxygen atoms in total. The average Bonchev–Trinajstić information content (AvgIpc) is 3.42. The highest BCUT2D eigenvalue weighted by Crippen LogP contribution is 2.31. The molecule has 1 atom stereocenters. The molecule has 180 valence electrons. The first-order valence-corrected chi connectivity index (χ1v) is 12.6. The number of imidazole rings is 1. The predicted octanol–water partition coefficient (Wildman–Crippen LogP) is 6.37. The Hall–Kier alpha value is -3.31. The van der Waals surface area contributed by atoms with Gasteiger partial charge in [0.15, 0.2) is 0 Å². The van der Waals surface area contributed by atoms with Gasteiger partial charge in [0.25, 0.3) is 0 Å². The summed E-state index contributed by atoms with van der Waals surface area (Å²) in [6.45, 7) is 4.83. The molecule has 0 N–H and O–H groups in total. The second kappa shape index (κ2) is 10.5. The summed E-state index contributed by atoms with van der Waals surface area (Å²) in [6, 6.07) is 24.2. The van der Waals surface area contributed by atoms with E-state index >= 15 is 0 Å². The second-order valence-electron chi connectivity index (χ2n) is 9.24. The summed E-state index contributed by atoms with van der Waals surface area (Å²) in [4.78, 5) is 19.8. The zero-order valence-corrected chi connectivity index (χ0v) is 20.7. The van der Waals surface area contributed by atoms with E-state index in [0.29, 0.717) is 26.1 Å². The number of carbonyl (C=O) groups excluding carboxylic acids is 1. The molecule has 1 unspecified atom stereocenters. The molecule has 1 aromatic heterocycles. The van der Waals surface area contributed by atoms with Crippen LogP contribution in [0.3, 0.4) is 0 Å². The molecule has 1 amide bonds. The van der Waals surface area contributed by atoms with Gasteiger partial charge in [0.2, 0.25) is 5.91 Å². The van der Waals surface area contributed by atoms with Crippen LogP contribution < -0.4 is 4.74 Å². The highest BCUT2D eigenvalue weighted by atomic mass is 35.5. The van der Waals surface area contributed by atoms with Gasteiger partial charge in [-0.2, -0.15) is 0 Å².